The summed E-state index contributed by atoms with van der Waals surface area (Å²) >= 11 is 0. The van der Waals surface area contributed by atoms with Crippen molar-refractivity contribution in [3.05, 3.63) is 53.1 Å². The van der Waals surface area contributed by atoms with Crippen LogP contribution in [0.2, 0.25) is 0 Å². The van der Waals surface area contributed by atoms with Gasteiger partial charge in [-0.25, -0.2) is 14.8 Å². The molecule has 1 N–H and O–H groups in total. The lowest BCUT2D eigenvalue weighted by molar-refractivity contribution is 0.0686. The van der Waals surface area contributed by atoms with Gasteiger partial charge in [0.1, 0.15) is 11.4 Å². The average Bonchev–Trinajstić information content (AvgIpc) is 2.83. The van der Waals surface area contributed by atoms with Crippen molar-refractivity contribution >= 4 is 11.9 Å². The highest BCUT2D eigenvalue weighted by Gasteiger charge is 2.22. The molecule has 7 heteroatoms. The smallest absolute Gasteiger partial charge is 0.356 e. The van der Waals surface area contributed by atoms with Crippen LogP contribution in [0.5, 0.6) is 5.75 Å². The van der Waals surface area contributed by atoms with E-state index in [1.54, 1.807) is 12.0 Å². The number of aromatic carboxylic acids is 1. The van der Waals surface area contributed by atoms with Crippen LogP contribution in [0.15, 0.2) is 30.6 Å². The van der Waals surface area contributed by atoms with Gasteiger partial charge in [-0.1, -0.05) is 12.1 Å². The van der Waals surface area contributed by atoms with Gasteiger partial charge >= 0.3 is 5.97 Å². The Hall–Kier alpha value is -2.96. The molecule has 0 saturated carbocycles. The molecule has 2 heterocycles. The number of benzene rings is 1. The van der Waals surface area contributed by atoms with E-state index in [1.807, 2.05) is 18.2 Å². The highest BCUT2D eigenvalue weighted by atomic mass is 16.5. The van der Waals surface area contributed by atoms with Gasteiger partial charge in [0, 0.05) is 13.1 Å². The first-order valence-electron chi connectivity index (χ1n) is 7.59. The van der Waals surface area contributed by atoms with Crippen LogP contribution in [0, 0.1) is 0 Å². The van der Waals surface area contributed by atoms with Crippen LogP contribution in [0.25, 0.3) is 0 Å². The van der Waals surface area contributed by atoms with Crippen LogP contribution >= 0.6 is 0 Å². The number of nitrogens with zero attached hydrogens (tertiary/aromatic N) is 3. The van der Waals surface area contributed by atoms with E-state index in [9.17, 15) is 9.59 Å². The Labute approximate surface area is 138 Å². The molecule has 0 saturated heterocycles. The number of carbonyl (C=O) groups is 2. The van der Waals surface area contributed by atoms with Gasteiger partial charge in [0.15, 0.2) is 5.69 Å². The first kappa shape index (κ1) is 15.9. The monoisotopic (exact) mass is 327 g/mol. The molecule has 7 nitrogen and oxygen atoms in total. The Kier molecular flexibility index (Phi) is 4.41. The number of rotatable bonds is 3. The number of carboxylic acid groups (broad SMARTS) is 1. The van der Waals surface area contributed by atoms with Crippen molar-refractivity contribution in [2.24, 2.45) is 0 Å². The second-order valence-electron chi connectivity index (χ2n) is 5.48. The van der Waals surface area contributed by atoms with Gasteiger partial charge in [0.05, 0.1) is 19.5 Å². The lowest BCUT2D eigenvalue weighted by atomic mass is 10.0. The van der Waals surface area contributed by atoms with Crippen LogP contribution < -0.4 is 4.74 Å². The van der Waals surface area contributed by atoms with E-state index < -0.39 is 5.97 Å². The zero-order valence-electron chi connectivity index (χ0n) is 13.2. The molecule has 3 rings (SSSR count). The van der Waals surface area contributed by atoms with E-state index in [-0.39, 0.29) is 17.3 Å². The molecule has 0 aliphatic carbocycles. The van der Waals surface area contributed by atoms with Gasteiger partial charge in [-0.05, 0) is 30.0 Å². The second kappa shape index (κ2) is 6.66. The van der Waals surface area contributed by atoms with Crippen molar-refractivity contribution < 1.29 is 19.4 Å². The minimum Gasteiger partial charge on any atom is -0.496 e. The lowest BCUT2D eigenvalue weighted by Gasteiger charge is -2.19. The molecular formula is C17H17N3O4. The van der Waals surface area contributed by atoms with Gasteiger partial charge < -0.3 is 14.7 Å². The maximum absolute atomic E-state index is 12.6. The van der Waals surface area contributed by atoms with Crippen LogP contribution in [0.3, 0.4) is 0 Å². The van der Waals surface area contributed by atoms with Crippen LogP contribution in [-0.4, -0.2) is 52.1 Å². The summed E-state index contributed by atoms with van der Waals surface area (Å²) < 4.78 is 5.40. The molecule has 0 bridgehead atoms. The number of ether oxygens (including phenoxy) is 1. The van der Waals surface area contributed by atoms with Crippen molar-refractivity contribution in [2.45, 2.75) is 12.8 Å². The summed E-state index contributed by atoms with van der Waals surface area (Å²) in [5, 5.41) is 8.84. The normalized spacial score (nSPS) is 13.8. The largest absolute Gasteiger partial charge is 0.496 e. The van der Waals surface area contributed by atoms with Crippen molar-refractivity contribution in [3.8, 4) is 5.75 Å². The quantitative estimate of drug-likeness (QED) is 0.916. The number of amides is 1. The standard InChI is InChI=1S/C17H17N3O4/c1-24-15-4-2-3-11-5-7-20(8-6-12(11)15)16(21)13-9-19-14(10-18-13)17(22)23/h2-4,9-10H,5-8H2,1H3,(H,22,23). The molecule has 1 aliphatic heterocycles. The lowest BCUT2D eigenvalue weighted by Crippen LogP contribution is -2.34. The summed E-state index contributed by atoms with van der Waals surface area (Å²) in [5.41, 5.74) is 2.28. The Morgan fingerprint density at radius 3 is 2.50 bits per heavy atom. The maximum Gasteiger partial charge on any atom is 0.356 e. The molecule has 0 fully saturated rings. The minimum atomic E-state index is -1.17. The molecule has 1 aromatic heterocycles. The number of hydrogen-bond donors (Lipinski definition) is 1. The van der Waals surface area contributed by atoms with E-state index >= 15 is 0 Å². The number of hydrogen-bond acceptors (Lipinski definition) is 5. The van der Waals surface area contributed by atoms with Crippen molar-refractivity contribution in [2.75, 3.05) is 20.2 Å². The van der Waals surface area contributed by atoms with Crippen molar-refractivity contribution in [1.29, 1.82) is 0 Å². The summed E-state index contributed by atoms with van der Waals surface area (Å²) in [7, 11) is 1.64. The molecule has 0 radical (unpaired) electrons. The third-order valence-electron chi connectivity index (χ3n) is 4.11. The zero-order valence-corrected chi connectivity index (χ0v) is 13.2. The van der Waals surface area contributed by atoms with E-state index in [4.69, 9.17) is 9.84 Å². The Balaban J connectivity index is 1.77. The maximum atomic E-state index is 12.6. The molecular weight excluding hydrogens is 310 g/mol. The van der Waals surface area contributed by atoms with Crippen LogP contribution in [0.4, 0.5) is 0 Å². The molecule has 1 aliphatic rings. The van der Waals surface area contributed by atoms with E-state index in [2.05, 4.69) is 9.97 Å². The summed E-state index contributed by atoms with van der Waals surface area (Å²) in [4.78, 5) is 32.8. The molecule has 2 aromatic rings. The number of carbonyl (C=O) groups excluding carboxylic acids is 1. The summed E-state index contributed by atoms with van der Waals surface area (Å²) in [6.45, 7) is 1.12. The third-order valence-corrected chi connectivity index (χ3v) is 4.11. The van der Waals surface area contributed by atoms with Gasteiger partial charge in [-0.2, -0.15) is 0 Å². The molecule has 24 heavy (non-hydrogen) atoms. The second-order valence-corrected chi connectivity index (χ2v) is 5.48. The highest BCUT2D eigenvalue weighted by molar-refractivity contribution is 5.92. The Morgan fingerprint density at radius 2 is 1.83 bits per heavy atom. The number of methoxy groups -OCH3 is 1. The molecule has 0 unspecified atom stereocenters. The minimum absolute atomic E-state index is 0.151. The van der Waals surface area contributed by atoms with E-state index in [0.29, 0.717) is 19.5 Å². The first-order chi connectivity index (χ1) is 11.6. The van der Waals surface area contributed by atoms with Gasteiger partial charge in [0.25, 0.3) is 5.91 Å². The Morgan fingerprint density at radius 1 is 1.12 bits per heavy atom. The van der Waals surface area contributed by atoms with Gasteiger partial charge in [0.2, 0.25) is 0 Å². The number of fused-ring (bicyclic) bond motifs is 1. The first-order valence-corrected chi connectivity index (χ1v) is 7.59. The summed E-state index contributed by atoms with van der Waals surface area (Å²) in [6, 6.07) is 5.92. The van der Waals surface area contributed by atoms with Crippen molar-refractivity contribution in [3.63, 3.8) is 0 Å². The molecule has 0 spiro atoms. The fourth-order valence-corrected chi connectivity index (χ4v) is 2.85. The van der Waals surface area contributed by atoms with Crippen molar-refractivity contribution in [1.82, 2.24) is 14.9 Å². The summed E-state index contributed by atoms with van der Waals surface area (Å²) in [6.07, 6.45) is 3.75. The van der Waals surface area contributed by atoms with Gasteiger partial charge in [-0.3, -0.25) is 4.79 Å². The SMILES string of the molecule is COc1cccc2c1CCN(C(=O)c1cnc(C(=O)O)cn1)CC2. The Bertz CT molecular complexity index is 774. The third kappa shape index (κ3) is 3.05. The van der Waals surface area contributed by atoms with Gasteiger partial charge in [-0.15, -0.1) is 0 Å². The van der Waals surface area contributed by atoms with Crippen LogP contribution in [0.1, 0.15) is 32.1 Å². The van der Waals surface area contributed by atoms with E-state index in [1.165, 1.54) is 11.8 Å². The molecule has 0 atom stereocenters. The molecule has 1 aromatic carbocycles. The van der Waals surface area contributed by atoms with Crippen LogP contribution in [-0.2, 0) is 12.8 Å². The number of aromatic nitrogens is 2. The predicted octanol–water partition coefficient (Wildman–Crippen LogP) is 1.42. The summed E-state index contributed by atoms with van der Waals surface area (Å²) in [5.74, 6) is -0.572. The van der Waals surface area contributed by atoms with E-state index in [0.717, 1.165) is 23.9 Å². The zero-order chi connectivity index (χ0) is 17.1. The fraction of sp³-hybridized carbons (Fsp3) is 0.294. The molecule has 124 valence electrons. The molecule has 1 amide bonds. The average molecular weight is 327 g/mol. The highest BCUT2D eigenvalue weighted by Crippen LogP contribution is 2.26. The fourth-order valence-electron chi connectivity index (χ4n) is 2.85. The topological polar surface area (TPSA) is 92.6 Å². The number of carboxylic acids is 1. The predicted molar refractivity (Wildman–Crippen MR) is 85.3 cm³/mol.